The second kappa shape index (κ2) is 13.0. The van der Waals surface area contributed by atoms with E-state index in [0.29, 0.717) is 0 Å². The lowest BCUT2D eigenvalue weighted by atomic mass is 9.95. The zero-order valence-corrected chi connectivity index (χ0v) is 28.2. The number of benzene rings is 6. The van der Waals surface area contributed by atoms with E-state index in [2.05, 4.69) is 170 Å². The Morgan fingerprint density at radius 1 is 0.314 bits per heavy atom. The first-order valence-electron chi connectivity index (χ1n) is 17.3. The van der Waals surface area contributed by atoms with Crippen molar-refractivity contribution in [3.8, 4) is 67.2 Å². The molecule has 3 heteroatoms. The van der Waals surface area contributed by atoms with Crippen LogP contribution in [-0.4, -0.2) is 15.0 Å². The molecule has 0 amide bonds. The normalized spacial score (nSPS) is 11.2. The standard InChI is InChI=1S/C48H33N3/c1-32-17-18-40-27-28-42-43(31-46(38-15-9-4-10-16-38)51-48(42)47(40)49-32)36-23-19-34(20-24-36)35-21-25-39(26-22-35)45-30-41(33-11-5-2-6-12-33)29-44(50-45)37-13-7-3-8-14-37/h2-31H,1H3. The Bertz CT molecular complexity index is 2590. The van der Waals surface area contributed by atoms with Crippen LogP contribution in [0.25, 0.3) is 89.0 Å². The first-order valence-corrected chi connectivity index (χ1v) is 17.3. The van der Waals surface area contributed by atoms with E-state index in [1.165, 1.54) is 5.56 Å². The van der Waals surface area contributed by atoms with Crippen LogP contribution >= 0.6 is 0 Å². The van der Waals surface area contributed by atoms with E-state index < -0.39 is 0 Å². The third-order valence-corrected chi connectivity index (χ3v) is 9.56. The molecular formula is C48H33N3. The van der Waals surface area contributed by atoms with E-state index in [1.54, 1.807) is 0 Å². The predicted octanol–water partition coefficient (Wildman–Crippen LogP) is 12.5. The zero-order valence-electron chi connectivity index (χ0n) is 28.2. The summed E-state index contributed by atoms with van der Waals surface area (Å²) in [6.45, 7) is 2.03. The van der Waals surface area contributed by atoms with Crippen molar-refractivity contribution in [2.45, 2.75) is 6.92 Å². The van der Waals surface area contributed by atoms with Crippen LogP contribution in [0.1, 0.15) is 5.69 Å². The zero-order chi connectivity index (χ0) is 34.1. The Labute approximate surface area is 297 Å². The van der Waals surface area contributed by atoms with Gasteiger partial charge in [-0.2, -0.15) is 0 Å². The van der Waals surface area contributed by atoms with Crippen LogP contribution in [0.2, 0.25) is 0 Å². The largest absolute Gasteiger partial charge is 0.251 e. The summed E-state index contributed by atoms with van der Waals surface area (Å²) in [5.74, 6) is 0. The first kappa shape index (κ1) is 30.4. The molecule has 240 valence electrons. The van der Waals surface area contributed by atoms with Gasteiger partial charge in [0.15, 0.2) is 0 Å². The van der Waals surface area contributed by atoms with Crippen molar-refractivity contribution in [1.82, 2.24) is 15.0 Å². The van der Waals surface area contributed by atoms with Gasteiger partial charge >= 0.3 is 0 Å². The van der Waals surface area contributed by atoms with Crippen molar-refractivity contribution in [1.29, 1.82) is 0 Å². The third kappa shape index (κ3) is 5.96. The second-order valence-electron chi connectivity index (χ2n) is 12.9. The van der Waals surface area contributed by atoms with Crippen LogP contribution in [0.4, 0.5) is 0 Å². The SMILES string of the molecule is Cc1ccc2ccc3c(-c4ccc(-c5ccc(-c6cc(-c7ccccc7)cc(-c7ccccc7)n6)cc5)cc4)cc(-c4ccccc4)nc3c2n1. The Hall–Kier alpha value is -6.71. The van der Waals surface area contributed by atoms with E-state index >= 15 is 0 Å². The van der Waals surface area contributed by atoms with Gasteiger partial charge in [0, 0.05) is 33.2 Å². The number of hydrogen-bond donors (Lipinski definition) is 0. The molecule has 0 atom stereocenters. The van der Waals surface area contributed by atoms with E-state index in [-0.39, 0.29) is 0 Å². The summed E-state index contributed by atoms with van der Waals surface area (Å²) in [5.41, 5.74) is 15.9. The maximum Gasteiger partial charge on any atom is 0.0978 e. The molecule has 3 aromatic heterocycles. The molecule has 0 fully saturated rings. The molecule has 0 saturated heterocycles. The lowest BCUT2D eigenvalue weighted by Crippen LogP contribution is -1.93. The minimum absolute atomic E-state index is 0.924. The number of hydrogen-bond acceptors (Lipinski definition) is 3. The van der Waals surface area contributed by atoms with Crippen molar-refractivity contribution < 1.29 is 0 Å². The van der Waals surface area contributed by atoms with Crippen molar-refractivity contribution in [2.75, 3.05) is 0 Å². The number of rotatable bonds is 6. The first-order chi connectivity index (χ1) is 25.2. The van der Waals surface area contributed by atoms with Crippen LogP contribution < -0.4 is 0 Å². The highest BCUT2D eigenvalue weighted by Crippen LogP contribution is 2.37. The van der Waals surface area contributed by atoms with Crippen molar-refractivity contribution in [2.24, 2.45) is 0 Å². The van der Waals surface area contributed by atoms with Crippen molar-refractivity contribution >= 4 is 21.8 Å². The number of pyridine rings is 3. The molecule has 3 nitrogen and oxygen atoms in total. The quantitative estimate of drug-likeness (QED) is 0.168. The summed E-state index contributed by atoms with van der Waals surface area (Å²) in [5, 5.41) is 2.19. The molecule has 0 spiro atoms. The fourth-order valence-electron chi connectivity index (χ4n) is 6.87. The number of aromatic nitrogens is 3. The molecule has 0 unspecified atom stereocenters. The van der Waals surface area contributed by atoms with Crippen molar-refractivity contribution in [3.63, 3.8) is 0 Å². The van der Waals surface area contributed by atoms with Crippen molar-refractivity contribution in [3.05, 3.63) is 188 Å². The molecular weight excluding hydrogens is 619 g/mol. The molecule has 6 aromatic carbocycles. The van der Waals surface area contributed by atoms with Gasteiger partial charge in [-0.05, 0) is 64.6 Å². The van der Waals surface area contributed by atoms with Gasteiger partial charge in [-0.1, -0.05) is 158 Å². The van der Waals surface area contributed by atoms with Crippen LogP contribution in [0.3, 0.4) is 0 Å². The Morgan fingerprint density at radius 3 is 1.35 bits per heavy atom. The number of fused-ring (bicyclic) bond motifs is 3. The number of aryl methyl sites for hydroxylation is 1. The van der Waals surface area contributed by atoms with Crippen LogP contribution in [0, 0.1) is 6.92 Å². The molecule has 0 radical (unpaired) electrons. The fourth-order valence-corrected chi connectivity index (χ4v) is 6.87. The molecule has 0 aliphatic carbocycles. The topological polar surface area (TPSA) is 38.7 Å². The third-order valence-electron chi connectivity index (χ3n) is 9.56. The second-order valence-corrected chi connectivity index (χ2v) is 12.9. The van der Waals surface area contributed by atoms with Crippen LogP contribution in [-0.2, 0) is 0 Å². The molecule has 9 rings (SSSR count). The minimum atomic E-state index is 0.924. The summed E-state index contributed by atoms with van der Waals surface area (Å²) < 4.78 is 0. The Kier molecular flexibility index (Phi) is 7.71. The predicted molar refractivity (Wildman–Crippen MR) is 212 cm³/mol. The smallest absolute Gasteiger partial charge is 0.0978 e. The summed E-state index contributed by atoms with van der Waals surface area (Å²) in [4.78, 5) is 15.2. The van der Waals surface area contributed by atoms with E-state index in [0.717, 1.165) is 89.1 Å². The van der Waals surface area contributed by atoms with E-state index in [1.807, 2.05) is 19.1 Å². The molecule has 0 N–H and O–H groups in total. The van der Waals surface area contributed by atoms with Crippen LogP contribution in [0.15, 0.2) is 182 Å². The maximum absolute atomic E-state index is 5.18. The molecule has 0 bridgehead atoms. The summed E-state index contributed by atoms with van der Waals surface area (Å²) in [6.07, 6.45) is 0. The lowest BCUT2D eigenvalue weighted by Gasteiger charge is -2.13. The molecule has 3 heterocycles. The molecule has 51 heavy (non-hydrogen) atoms. The van der Waals surface area contributed by atoms with Gasteiger partial charge in [-0.15, -0.1) is 0 Å². The summed E-state index contributed by atoms with van der Waals surface area (Å²) in [6, 6.07) is 64.0. The van der Waals surface area contributed by atoms with Crippen LogP contribution in [0.5, 0.6) is 0 Å². The average Bonchev–Trinajstić information content (AvgIpc) is 3.21. The summed E-state index contributed by atoms with van der Waals surface area (Å²) in [7, 11) is 0. The van der Waals surface area contributed by atoms with Gasteiger partial charge in [-0.3, -0.25) is 4.98 Å². The number of nitrogens with zero attached hydrogens (tertiary/aromatic N) is 3. The molecule has 0 aliphatic rings. The molecule has 9 aromatic rings. The van der Waals surface area contributed by atoms with E-state index in [9.17, 15) is 0 Å². The monoisotopic (exact) mass is 651 g/mol. The Morgan fingerprint density at radius 2 is 0.765 bits per heavy atom. The highest BCUT2D eigenvalue weighted by molar-refractivity contribution is 6.09. The summed E-state index contributed by atoms with van der Waals surface area (Å²) >= 11 is 0. The van der Waals surface area contributed by atoms with E-state index in [4.69, 9.17) is 15.0 Å². The van der Waals surface area contributed by atoms with Gasteiger partial charge in [0.25, 0.3) is 0 Å². The van der Waals surface area contributed by atoms with Gasteiger partial charge in [0.2, 0.25) is 0 Å². The van der Waals surface area contributed by atoms with Gasteiger partial charge in [0.1, 0.15) is 0 Å². The Balaban J connectivity index is 1.08. The van der Waals surface area contributed by atoms with Gasteiger partial charge in [-0.25, -0.2) is 9.97 Å². The highest BCUT2D eigenvalue weighted by Gasteiger charge is 2.14. The average molecular weight is 652 g/mol. The maximum atomic E-state index is 5.18. The van der Waals surface area contributed by atoms with Gasteiger partial charge in [0.05, 0.1) is 28.1 Å². The highest BCUT2D eigenvalue weighted by atomic mass is 14.8. The minimum Gasteiger partial charge on any atom is -0.251 e. The molecule has 0 saturated carbocycles. The van der Waals surface area contributed by atoms with Gasteiger partial charge < -0.3 is 0 Å². The fraction of sp³-hybridized carbons (Fsp3) is 0.0208. The lowest BCUT2D eigenvalue weighted by molar-refractivity contribution is 1.25. The molecule has 0 aliphatic heterocycles.